The van der Waals surface area contributed by atoms with Crippen LogP contribution < -0.4 is 9.03 Å². The topological polar surface area (TPSA) is 83.5 Å². The van der Waals surface area contributed by atoms with E-state index < -0.39 is 25.9 Å². The molecule has 0 radical (unpaired) electrons. The van der Waals surface area contributed by atoms with Crippen molar-refractivity contribution in [2.75, 3.05) is 21.3 Å². The van der Waals surface area contributed by atoms with Crippen LogP contribution in [0.4, 0.5) is 15.8 Å². The van der Waals surface area contributed by atoms with Gasteiger partial charge in [0.25, 0.3) is 10.0 Å². The summed E-state index contributed by atoms with van der Waals surface area (Å²) in [6.45, 7) is 1.92. The van der Waals surface area contributed by atoms with Gasteiger partial charge >= 0.3 is 0 Å². The Morgan fingerprint density at radius 3 is 2.61 bits per heavy atom. The van der Waals surface area contributed by atoms with E-state index in [4.69, 9.17) is 11.6 Å². The molecule has 0 atom stereocenters. The summed E-state index contributed by atoms with van der Waals surface area (Å²) in [7, 11) is -7.75. The summed E-state index contributed by atoms with van der Waals surface area (Å²) in [5.41, 5.74) is 0.930. The van der Waals surface area contributed by atoms with Crippen LogP contribution in [0.5, 0.6) is 0 Å². The maximum absolute atomic E-state index is 14.5. The molecular weight excluding hydrogens is 427 g/mol. The molecule has 6 nitrogen and oxygen atoms in total. The van der Waals surface area contributed by atoms with Gasteiger partial charge in [-0.15, -0.1) is 0 Å². The predicted octanol–water partition coefficient (Wildman–Crippen LogP) is 3.77. The highest BCUT2D eigenvalue weighted by atomic mass is 35.5. The third-order valence-corrected chi connectivity index (χ3v) is 7.97. The maximum atomic E-state index is 14.5. The van der Waals surface area contributed by atoms with Gasteiger partial charge in [-0.2, -0.15) is 0 Å². The number of anilines is 2. The number of halogens is 2. The zero-order valence-electron chi connectivity index (χ0n) is 15.2. The molecule has 1 aliphatic heterocycles. The molecule has 0 aliphatic carbocycles. The molecule has 0 unspecified atom stereocenters. The van der Waals surface area contributed by atoms with Crippen LogP contribution in [0, 0.1) is 5.82 Å². The van der Waals surface area contributed by atoms with Crippen molar-refractivity contribution in [3.05, 3.63) is 52.8 Å². The summed E-state index contributed by atoms with van der Waals surface area (Å²) in [6.07, 6.45) is 1.69. The van der Waals surface area contributed by atoms with Crippen molar-refractivity contribution in [2.24, 2.45) is 0 Å². The van der Waals surface area contributed by atoms with Crippen molar-refractivity contribution >= 4 is 43.0 Å². The van der Waals surface area contributed by atoms with Crippen molar-refractivity contribution in [2.45, 2.75) is 31.1 Å². The van der Waals surface area contributed by atoms with E-state index in [-0.39, 0.29) is 22.9 Å². The van der Waals surface area contributed by atoms with Gasteiger partial charge in [0.2, 0.25) is 10.0 Å². The van der Waals surface area contributed by atoms with E-state index in [0.717, 1.165) is 17.7 Å². The molecule has 0 aromatic heterocycles. The first-order chi connectivity index (χ1) is 13.2. The Bertz CT molecular complexity index is 1100. The molecular formula is C18H20ClFN2O4S2. The van der Waals surface area contributed by atoms with E-state index in [1.807, 2.05) is 6.07 Å². The van der Waals surface area contributed by atoms with Gasteiger partial charge in [0, 0.05) is 6.54 Å². The highest BCUT2D eigenvalue weighted by Gasteiger charge is 2.31. The van der Waals surface area contributed by atoms with Crippen LogP contribution in [0.2, 0.25) is 5.02 Å². The molecule has 0 saturated heterocycles. The van der Waals surface area contributed by atoms with Crippen molar-refractivity contribution in [1.82, 2.24) is 0 Å². The molecule has 1 heterocycles. The summed E-state index contributed by atoms with van der Waals surface area (Å²) in [5, 5.41) is 0.310. The van der Waals surface area contributed by atoms with Crippen LogP contribution in [0.15, 0.2) is 41.3 Å². The minimum atomic E-state index is -4.06. The van der Waals surface area contributed by atoms with Gasteiger partial charge in [-0.1, -0.05) is 30.7 Å². The molecule has 0 bridgehead atoms. The minimum Gasteiger partial charge on any atom is -0.281 e. The number of nitrogens with zero attached hydrogens (tertiary/aromatic N) is 1. The maximum Gasteiger partial charge on any atom is 0.264 e. The number of benzene rings is 2. The molecule has 0 saturated carbocycles. The number of aryl methyl sites for hydroxylation is 1. The second-order valence-corrected chi connectivity index (χ2v) is 10.6. The average molecular weight is 447 g/mol. The standard InChI is InChI=1S/C18H20ClFN2O4S2/c1-2-11-27(23,24)21-17-9-8-14(12-16(17)20)28(25,26)22-10-4-6-13-5-3-7-15(19)18(13)22/h3,5,7-9,12,21H,2,4,6,10-11H2,1H3. The first-order valence-corrected chi connectivity index (χ1v) is 12.2. The Morgan fingerprint density at radius 2 is 1.93 bits per heavy atom. The fourth-order valence-electron chi connectivity index (χ4n) is 3.16. The molecule has 1 N–H and O–H groups in total. The lowest BCUT2D eigenvalue weighted by molar-refractivity contribution is 0.583. The number of fused-ring (bicyclic) bond motifs is 1. The van der Waals surface area contributed by atoms with Gasteiger partial charge in [-0.25, -0.2) is 21.2 Å². The zero-order valence-corrected chi connectivity index (χ0v) is 17.5. The number of hydrogen-bond donors (Lipinski definition) is 1. The fraction of sp³-hybridized carbons (Fsp3) is 0.333. The summed E-state index contributed by atoms with van der Waals surface area (Å²) >= 11 is 6.23. The quantitative estimate of drug-likeness (QED) is 0.732. The highest BCUT2D eigenvalue weighted by Crippen LogP contribution is 2.37. The second-order valence-electron chi connectivity index (χ2n) is 6.49. The van der Waals surface area contributed by atoms with Gasteiger partial charge < -0.3 is 0 Å². The average Bonchev–Trinajstić information content (AvgIpc) is 2.63. The monoisotopic (exact) mass is 446 g/mol. The molecule has 0 spiro atoms. The van der Waals surface area contributed by atoms with E-state index in [2.05, 4.69) is 4.72 Å². The number of rotatable bonds is 6. The lowest BCUT2D eigenvalue weighted by Gasteiger charge is -2.31. The molecule has 0 fully saturated rings. The summed E-state index contributed by atoms with van der Waals surface area (Å²) in [4.78, 5) is -0.267. The lowest BCUT2D eigenvalue weighted by atomic mass is 10.0. The minimum absolute atomic E-state index is 0.157. The first-order valence-electron chi connectivity index (χ1n) is 8.76. The van der Waals surface area contributed by atoms with Crippen LogP contribution in [-0.2, 0) is 26.5 Å². The van der Waals surface area contributed by atoms with Gasteiger partial charge in [-0.3, -0.25) is 9.03 Å². The molecule has 152 valence electrons. The molecule has 0 amide bonds. The molecule has 10 heteroatoms. The molecule has 3 rings (SSSR count). The Balaban J connectivity index is 1.98. The van der Waals surface area contributed by atoms with E-state index >= 15 is 0 Å². The van der Waals surface area contributed by atoms with Crippen LogP contribution in [-0.4, -0.2) is 29.1 Å². The van der Waals surface area contributed by atoms with Crippen LogP contribution >= 0.6 is 11.6 Å². The summed E-state index contributed by atoms with van der Waals surface area (Å²) in [5.74, 6) is -1.12. The van der Waals surface area contributed by atoms with Crippen LogP contribution in [0.3, 0.4) is 0 Å². The number of nitrogens with one attached hydrogen (secondary N) is 1. The number of para-hydroxylation sites is 1. The number of hydrogen-bond acceptors (Lipinski definition) is 4. The lowest BCUT2D eigenvalue weighted by Crippen LogP contribution is -2.35. The highest BCUT2D eigenvalue weighted by molar-refractivity contribution is 7.93. The Kier molecular flexibility index (Phi) is 5.88. The first kappa shape index (κ1) is 20.9. The summed E-state index contributed by atoms with van der Waals surface area (Å²) < 4.78 is 67.7. The molecule has 2 aromatic rings. The van der Waals surface area contributed by atoms with Gasteiger partial charge in [-0.05, 0) is 49.1 Å². The van der Waals surface area contributed by atoms with Gasteiger partial charge in [0.05, 0.1) is 27.0 Å². The molecule has 1 aliphatic rings. The van der Waals surface area contributed by atoms with Crippen LogP contribution in [0.1, 0.15) is 25.3 Å². The smallest absolute Gasteiger partial charge is 0.264 e. The van der Waals surface area contributed by atoms with Crippen molar-refractivity contribution in [1.29, 1.82) is 0 Å². The molecule has 2 aromatic carbocycles. The van der Waals surface area contributed by atoms with Crippen molar-refractivity contribution < 1.29 is 21.2 Å². The SMILES string of the molecule is CCCS(=O)(=O)Nc1ccc(S(=O)(=O)N2CCCc3cccc(Cl)c32)cc1F. The largest absolute Gasteiger partial charge is 0.281 e. The van der Waals surface area contributed by atoms with Crippen molar-refractivity contribution in [3.63, 3.8) is 0 Å². The van der Waals surface area contributed by atoms with Crippen LogP contribution in [0.25, 0.3) is 0 Å². The zero-order chi connectivity index (χ0) is 20.5. The Morgan fingerprint density at radius 1 is 1.18 bits per heavy atom. The number of sulfonamides is 2. The third kappa shape index (κ3) is 4.11. The Hall–Kier alpha value is -1.84. The predicted molar refractivity (Wildman–Crippen MR) is 108 cm³/mol. The van der Waals surface area contributed by atoms with E-state index in [0.29, 0.717) is 30.0 Å². The second kappa shape index (κ2) is 7.88. The van der Waals surface area contributed by atoms with E-state index in [9.17, 15) is 21.2 Å². The third-order valence-electron chi connectivity index (χ3n) is 4.39. The van der Waals surface area contributed by atoms with Gasteiger partial charge in [0.1, 0.15) is 5.82 Å². The fourth-order valence-corrected chi connectivity index (χ4v) is 6.22. The van der Waals surface area contributed by atoms with E-state index in [1.165, 1.54) is 10.4 Å². The molecule has 28 heavy (non-hydrogen) atoms. The normalized spacial score (nSPS) is 14.6. The van der Waals surface area contributed by atoms with Crippen molar-refractivity contribution in [3.8, 4) is 0 Å². The Labute approximate surface area is 169 Å². The van der Waals surface area contributed by atoms with Gasteiger partial charge in [0.15, 0.2) is 0 Å². The summed E-state index contributed by atoms with van der Waals surface area (Å²) in [6, 6.07) is 8.31. The van der Waals surface area contributed by atoms with E-state index in [1.54, 1.807) is 19.1 Å².